The van der Waals surface area contributed by atoms with Crippen LogP contribution in [0.4, 0.5) is 10.5 Å². The number of aryl methyl sites for hydroxylation is 2. The maximum absolute atomic E-state index is 13.1. The van der Waals surface area contributed by atoms with Crippen molar-refractivity contribution in [3.63, 3.8) is 0 Å². The molecule has 1 heterocycles. The van der Waals surface area contributed by atoms with E-state index in [1.54, 1.807) is 31.2 Å². The third kappa shape index (κ3) is 5.42. The summed E-state index contributed by atoms with van der Waals surface area (Å²) in [6, 6.07) is 15.1. The van der Waals surface area contributed by atoms with Gasteiger partial charge in [0, 0.05) is 5.02 Å². The molecule has 1 fully saturated rings. The Kier molecular flexibility index (Phi) is 7.31. The summed E-state index contributed by atoms with van der Waals surface area (Å²) in [6.45, 7) is 4.12. The number of carbonyl (C=O) groups excluding carboxylic acids is 3. The van der Waals surface area contributed by atoms with Crippen molar-refractivity contribution in [1.82, 2.24) is 5.32 Å². The van der Waals surface area contributed by atoms with Gasteiger partial charge in [-0.05, 0) is 76.8 Å². The van der Waals surface area contributed by atoms with Gasteiger partial charge in [-0.3, -0.25) is 14.9 Å². The Hall–Kier alpha value is -3.13. The van der Waals surface area contributed by atoms with Crippen LogP contribution in [0, 0.1) is 13.8 Å². The first-order valence-corrected chi connectivity index (χ1v) is 12.0. The molecule has 1 N–H and O–H groups in total. The largest absolute Gasteiger partial charge is 0.486 e. The van der Waals surface area contributed by atoms with E-state index in [0.717, 1.165) is 21.6 Å². The van der Waals surface area contributed by atoms with Crippen molar-refractivity contribution < 1.29 is 19.1 Å². The molecule has 0 saturated carbocycles. The number of amides is 4. The second kappa shape index (κ2) is 10.2. The highest BCUT2D eigenvalue weighted by atomic mass is 79.9. The fraction of sp³-hybridized carbons (Fsp3) is 0.115. The zero-order chi connectivity index (χ0) is 25.3. The fourth-order valence-electron chi connectivity index (χ4n) is 3.54. The number of urea groups is 1. The molecule has 9 heteroatoms. The molecule has 0 unspecified atom stereocenters. The Balaban J connectivity index is 1.62. The maximum Gasteiger partial charge on any atom is 0.335 e. The topological polar surface area (TPSA) is 75.7 Å². The average molecular weight is 574 g/mol. The van der Waals surface area contributed by atoms with Gasteiger partial charge in [-0.2, -0.15) is 0 Å². The van der Waals surface area contributed by atoms with Crippen LogP contribution in [0.5, 0.6) is 5.75 Å². The lowest BCUT2D eigenvalue weighted by molar-refractivity contribution is -0.122. The van der Waals surface area contributed by atoms with Gasteiger partial charge in [0.2, 0.25) is 0 Å². The van der Waals surface area contributed by atoms with Gasteiger partial charge in [-0.25, -0.2) is 9.69 Å². The number of hydrogen-bond donors (Lipinski definition) is 1. The number of rotatable bonds is 5. The fourth-order valence-corrected chi connectivity index (χ4v) is 4.70. The van der Waals surface area contributed by atoms with Crippen LogP contribution in [0.3, 0.4) is 0 Å². The summed E-state index contributed by atoms with van der Waals surface area (Å²) in [5.74, 6) is -1.15. The van der Waals surface area contributed by atoms with Gasteiger partial charge in [-0.1, -0.05) is 59.1 Å². The molecule has 0 radical (unpaired) electrons. The second-order valence-corrected chi connectivity index (χ2v) is 9.65. The summed E-state index contributed by atoms with van der Waals surface area (Å²) in [6.07, 6.45) is 1.37. The SMILES string of the molecule is Cc1cccc(COc2c(Cl)cc(/C=C3/C(=O)NC(=O)N(c4ccc(C)c(Cl)c4)C3=O)cc2Br)c1. The smallest absolute Gasteiger partial charge is 0.335 e. The van der Waals surface area contributed by atoms with E-state index in [1.165, 1.54) is 12.1 Å². The first-order valence-electron chi connectivity index (χ1n) is 10.5. The molecule has 35 heavy (non-hydrogen) atoms. The Labute approximate surface area is 220 Å². The molecule has 4 amide bonds. The number of imide groups is 2. The van der Waals surface area contributed by atoms with Crippen molar-refractivity contribution in [2.75, 3.05) is 4.90 Å². The van der Waals surface area contributed by atoms with E-state index in [0.29, 0.717) is 32.4 Å². The van der Waals surface area contributed by atoms with Crippen molar-refractivity contribution >= 4 is 68.7 Å². The van der Waals surface area contributed by atoms with Gasteiger partial charge < -0.3 is 4.74 Å². The molecule has 6 nitrogen and oxygen atoms in total. The summed E-state index contributed by atoms with van der Waals surface area (Å²) >= 11 is 16.1. The van der Waals surface area contributed by atoms with Crippen molar-refractivity contribution in [2.24, 2.45) is 0 Å². The first kappa shape index (κ1) is 25.0. The van der Waals surface area contributed by atoms with E-state index in [-0.39, 0.29) is 11.3 Å². The van der Waals surface area contributed by atoms with E-state index in [4.69, 9.17) is 27.9 Å². The molecular formula is C26H19BrCl2N2O4. The Bertz CT molecular complexity index is 1380. The van der Waals surface area contributed by atoms with Crippen LogP contribution in [-0.4, -0.2) is 17.8 Å². The molecule has 1 aliphatic rings. The van der Waals surface area contributed by atoms with Crippen LogP contribution in [0.25, 0.3) is 6.08 Å². The molecule has 1 saturated heterocycles. The predicted octanol–water partition coefficient (Wildman–Crippen LogP) is 6.62. The number of benzene rings is 3. The van der Waals surface area contributed by atoms with Crippen LogP contribution >= 0.6 is 39.1 Å². The highest BCUT2D eigenvalue weighted by Crippen LogP contribution is 2.36. The Morgan fingerprint density at radius 2 is 1.77 bits per heavy atom. The normalized spacial score (nSPS) is 14.9. The molecule has 1 aliphatic heterocycles. The molecule has 0 spiro atoms. The third-order valence-electron chi connectivity index (χ3n) is 5.31. The van der Waals surface area contributed by atoms with Crippen LogP contribution in [0.15, 0.2) is 64.6 Å². The van der Waals surface area contributed by atoms with Gasteiger partial charge in [0.25, 0.3) is 11.8 Å². The molecule has 0 aliphatic carbocycles. The van der Waals surface area contributed by atoms with Crippen molar-refractivity contribution in [1.29, 1.82) is 0 Å². The van der Waals surface area contributed by atoms with Crippen molar-refractivity contribution in [2.45, 2.75) is 20.5 Å². The van der Waals surface area contributed by atoms with Crippen molar-refractivity contribution in [3.8, 4) is 5.75 Å². The lowest BCUT2D eigenvalue weighted by atomic mass is 10.1. The molecule has 0 atom stereocenters. The number of halogens is 3. The zero-order valence-corrected chi connectivity index (χ0v) is 21.8. The number of carbonyl (C=O) groups is 3. The lowest BCUT2D eigenvalue weighted by Gasteiger charge is -2.26. The minimum Gasteiger partial charge on any atom is -0.486 e. The van der Waals surface area contributed by atoms with Crippen LogP contribution < -0.4 is 15.0 Å². The summed E-state index contributed by atoms with van der Waals surface area (Å²) in [5.41, 5.74) is 3.40. The van der Waals surface area contributed by atoms with E-state index in [2.05, 4.69) is 21.2 Å². The maximum atomic E-state index is 13.1. The van der Waals surface area contributed by atoms with Crippen LogP contribution in [0.1, 0.15) is 22.3 Å². The zero-order valence-electron chi connectivity index (χ0n) is 18.7. The Morgan fingerprint density at radius 3 is 2.46 bits per heavy atom. The van der Waals surface area contributed by atoms with E-state index < -0.39 is 17.8 Å². The third-order valence-corrected chi connectivity index (χ3v) is 6.59. The number of ether oxygens (including phenoxy) is 1. The molecule has 178 valence electrons. The van der Waals surface area contributed by atoms with Crippen LogP contribution in [-0.2, 0) is 16.2 Å². The minimum atomic E-state index is -0.851. The first-order chi connectivity index (χ1) is 16.6. The van der Waals surface area contributed by atoms with Gasteiger partial charge in [0.1, 0.15) is 12.2 Å². The molecule has 4 rings (SSSR count). The number of hydrogen-bond acceptors (Lipinski definition) is 4. The number of nitrogens with zero attached hydrogens (tertiary/aromatic N) is 1. The number of nitrogens with one attached hydrogen (secondary N) is 1. The summed E-state index contributed by atoms with van der Waals surface area (Å²) in [5, 5.41) is 2.88. The van der Waals surface area contributed by atoms with Gasteiger partial charge >= 0.3 is 6.03 Å². The molecule has 3 aromatic rings. The number of anilines is 1. The monoisotopic (exact) mass is 572 g/mol. The second-order valence-electron chi connectivity index (χ2n) is 7.98. The molecule has 0 aromatic heterocycles. The average Bonchev–Trinajstić information content (AvgIpc) is 2.78. The van der Waals surface area contributed by atoms with Gasteiger partial charge in [-0.15, -0.1) is 0 Å². The summed E-state index contributed by atoms with van der Waals surface area (Å²) < 4.78 is 6.44. The van der Waals surface area contributed by atoms with Gasteiger partial charge in [0.05, 0.1) is 15.2 Å². The van der Waals surface area contributed by atoms with E-state index in [1.807, 2.05) is 31.2 Å². The van der Waals surface area contributed by atoms with Crippen LogP contribution in [0.2, 0.25) is 10.0 Å². The highest BCUT2D eigenvalue weighted by Gasteiger charge is 2.37. The molecule has 3 aromatic carbocycles. The minimum absolute atomic E-state index is 0.224. The predicted molar refractivity (Wildman–Crippen MR) is 140 cm³/mol. The molecular weight excluding hydrogens is 555 g/mol. The number of barbiturate groups is 1. The van der Waals surface area contributed by atoms with E-state index >= 15 is 0 Å². The summed E-state index contributed by atoms with van der Waals surface area (Å²) in [7, 11) is 0. The lowest BCUT2D eigenvalue weighted by Crippen LogP contribution is -2.54. The quantitative estimate of drug-likeness (QED) is 0.275. The molecule has 0 bridgehead atoms. The Morgan fingerprint density at radius 1 is 1.00 bits per heavy atom. The van der Waals surface area contributed by atoms with Crippen molar-refractivity contribution in [3.05, 3.63) is 96.9 Å². The standard InChI is InChI=1S/C26H19BrCl2N2O4/c1-14-4-3-5-16(8-14)13-35-23-20(27)10-17(11-22(23)29)9-19-24(32)30-26(34)31(25(19)33)18-7-6-15(2)21(28)12-18/h3-12H,13H2,1-2H3,(H,30,32,34)/b19-9-. The highest BCUT2D eigenvalue weighted by molar-refractivity contribution is 9.10. The van der Waals surface area contributed by atoms with Gasteiger partial charge in [0.15, 0.2) is 5.75 Å². The van der Waals surface area contributed by atoms with E-state index in [9.17, 15) is 14.4 Å². The summed E-state index contributed by atoms with van der Waals surface area (Å²) in [4.78, 5) is 38.9.